The highest BCUT2D eigenvalue weighted by Crippen LogP contribution is 2.32. The quantitative estimate of drug-likeness (QED) is 0.231. The summed E-state index contributed by atoms with van der Waals surface area (Å²) in [5.41, 5.74) is 4.08. The Balaban J connectivity index is 2.23. The molecule has 2 aromatic heterocycles. The topological polar surface area (TPSA) is 34.9 Å². The number of carbonyl (C=O) groups is 1. The zero-order valence-electron chi connectivity index (χ0n) is 24.1. The molecule has 0 aliphatic rings. The summed E-state index contributed by atoms with van der Waals surface area (Å²) in [6.07, 6.45) is 5.69. The summed E-state index contributed by atoms with van der Waals surface area (Å²) >= 11 is 6.45. The van der Waals surface area contributed by atoms with Crippen LogP contribution in [0.3, 0.4) is 0 Å². The van der Waals surface area contributed by atoms with E-state index >= 15 is 0 Å². The highest BCUT2D eigenvalue weighted by atomic mass is 35.5. The number of nitrogens with zero attached hydrogens (tertiary/aromatic N) is 2. The Morgan fingerprint density at radius 1 is 1.12 bits per heavy atom. The number of rotatable bonds is 10. The number of carbonyl (C=O) groups excluding carboxylic acids is 1. The third kappa shape index (κ3) is 7.34. The average Bonchev–Trinajstić information content (AvgIpc) is 3.28. The molecule has 0 N–H and O–H groups in total. The van der Waals surface area contributed by atoms with E-state index in [9.17, 15) is 18.0 Å². The van der Waals surface area contributed by atoms with Gasteiger partial charge in [-0.3, -0.25) is 9.78 Å². The second-order valence-electron chi connectivity index (χ2n) is 10.4. The van der Waals surface area contributed by atoms with Crippen molar-refractivity contribution in [2.24, 2.45) is 5.92 Å². The van der Waals surface area contributed by atoms with Gasteiger partial charge in [-0.2, -0.15) is 13.2 Å². The first kappa shape index (κ1) is 31.4. The fraction of sp³-hybridized carbons (Fsp3) is 0.394. The fourth-order valence-corrected chi connectivity index (χ4v) is 5.10. The number of allylic oxidation sites excluding steroid dienone is 2. The van der Waals surface area contributed by atoms with E-state index in [1.54, 1.807) is 0 Å². The van der Waals surface area contributed by atoms with Gasteiger partial charge in [-0.05, 0) is 49.4 Å². The highest BCUT2D eigenvalue weighted by Gasteiger charge is 2.31. The van der Waals surface area contributed by atoms with E-state index in [-0.39, 0.29) is 16.7 Å². The third-order valence-electron chi connectivity index (χ3n) is 6.85. The number of Topliss-reactive ketones (excluding diaryl/α,β-unsaturated/α-hetero) is 1. The van der Waals surface area contributed by atoms with E-state index in [1.165, 1.54) is 0 Å². The Morgan fingerprint density at radius 2 is 1.85 bits per heavy atom. The molecular formula is C33H38ClF3N2O. The van der Waals surface area contributed by atoms with E-state index in [0.717, 1.165) is 70.8 Å². The van der Waals surface area contributed by atoms with E-state index < -0.39 is 11.7 Å². The van der Waals surface area contributed by atoms with Crippen molar-refractivity contribution in [1.82, 2.24) is 9.55 Å². The number of hydrogen-bond donors (Lipinski definition) is 0. The first-order valence-corrected chi connectivity index (χ1v) is 14.2. The minimum atomic E-state index is -4.53. The molecule has 0 aliphatic carbocycles. The van der Waals surface area contributed by atoms with Gasteiger partial charge in [0.15, 0.2) is 5.78 Å². The fourth-order valence-electron chi connectivity index (χ4n) is 4.83. The lowest BCUT2D eigenvalue weighted by Crippen LogP contribution is -2.31. The van der Waals surface area contributed by atoms with Crippen LogP contribution in [0.5, 0.6) is 0 Å². The molecule has 0 atom stereocenters. The minimum absolute atomic E-state index is 0.0430. The van der Waals surface area contributed by atoms with Gasteiger partial charge in [-0.15, -0.1) is 0 Å². The number of benzene rings is 1. The number of alkyl halides is 3. The zero-order valence-corrected chi connectivity index (χ0v) is 24.9. The van der Waals surface area contributed by atoms with Gasteiger partial charge in [0.25, 0.3) is 0 Å². The van der Waals surface area contributed by atoms with Gasteiger partial charge in [0.2, 0.25) is 0 Å². The van der Waals surface area contributed by atoms with Crippen molar-refractivity contribution in [3.63, 3.8) is 0 Å². The number of aromatic nitrogens is 2. The van der Waals surface area contributed by atoms with Crippen molar-refractivity contribution in [2.75, 3.05) is 0 Å². The molecule has 3 rings (SSSR count). The molecule has 40 heavy (non-hydrogen) atoms. The van der Waals surface area contributed by atoms with Gasteiger partial charge < -0.3 is 4.57 Å². The minimum Gasteiger partial charge on any atom is -0.343 e. The Labute approximate surface area is 240 Å². The molecule has 2 heterocycles. The molecule has 0 spiro atoms. The first-order chi connectivity index (χ1) is 18.9. The van der Waals surface area contributed by atoms with Crippen LogP contribution in [0.4, 0.5) is 13.2 Å². The molecule has 3 aromatic rings. The standard InChI is InChI=1S/C33H38ClF3N2O/c1-7-10-22(6)16-28(31-29(34)18-25(19-38-31)33(35,36)37)27-14-15-39(30(27)11-8-2)20-23-12-13-26(24(9-3)17-23)32(40)21(4)5/h11-19,21H,7-10,20H2,1-6H3/b22-16+,28-27+,30-11+. The predicted octanol–water partition coefficient (Wildman–Crippen LogP) is 8.14. The summed E-state index contributed by atoms with van der Waals surface area (Å²) in [6, 6.07) is 8.92. The summed E-state index contributed by atoms with van der Waals surface area (Å²) in [5, 5.41) is 1.75. The van der Waals surface area contributed by atoms with Gasteiger partial charge in [0, 0.05) is 46.6 Å². The van der Waals surface area contributed by atoms with Crippen LogP contribution < -0.4 is 10.6 Å². The van der Waals surface area contributed by atoms with Crippen LogP contribution in [0.1, 0.15) is 93.5 Å². The molecule has 7 heteroatoms. The van der Waals surface area contributed by atoms with Gasteiger partial charge >= 0.3 is 6.18 Å². The monoisotopic (exact) mass is 570 g/mol. The van der Waals surface area contributed by atoms with Gasteiger partial charge in [-0.25, -0.2) is 0 Å². The van der Waals surface area contributed by atoms with Crippen LogP contribution in [0.25, 0.3) is 11.6 Å². The normalized spacial score (nSPS) is 13.8. The SMILES string of the molecule is CC\C=c1/c(=C(\C=C(/C)CCC)c2ncc(C(F)(F)F)cc2Cl)ccn1Cc1ccc(C(=O)C(C)C)c(CC)c1. The van der Waals surface area contributed by atoms with Crippen molar-refractivity contribution < 1.29 is 18.0 Å². The van der Waals surface area contributed by atoms with Crippen molar-refractivity contribution in [3.8, 4) is 0 Å². The van der Waals surface area contributed by atoms with Crippen LogP contribution in [-0.2, 0) is 19.1 Å². The van der Waals surface area contributed by atoms with Gasteiger partial charge in [0.1, 0.15) is 0 Å². The number of aryl methyl sites for hydroxylation is 1. The summed E-state index contributed by atoms with van der Waals surface area (Å²) in [4.78, 5) is 16.9. The molecular weight excluding hydrogens is 533 g/mol. The second-order valence-corrected chi connectivity index (χ2v) is 10.8. The molecule has 0 aliphatic heterocycles. The Kier molecular flexibility index (Phi) is 10.6. The highest BCUT2D eigenvalue weighted by molar-refractivity contribution is 6.32. The molecule has 0 bridgehead atoms. The van der Waals surface area contributed by atoms with E-state index in [0.29, 0.717) is 17.8 Å². The van der Waals surface area contributed by atoms with Crippen molar-refractivity contribution in [3.05, 3.63) is 97.9 Å². The third-order valence-corrected chi connectivity index (χ3v) is 7.13. The lowest BCUT2D eigenvalue weighted by Gasteiger charge is -2.13. The predicted molar refractivity (Wildman–Crippen MR) is 158 cm³/mol. The van der Waals surface area contributed by atoms with Crippen molar-refractivity contribution in [2.45, 2.75) is 79.9 Å². The number of hydrogen-bond acceptors (Lipinski definition) is 2. The van der Waals surface area contributed by atoms with E-state index in [4.69, 9.17) is 11.6 Å². The summed E-state index contributed by atoms with van der Waals surface area (Å²) in [6.45, 7) is 12.6. The molecule has 214 valence electrons. The molecule has 0 saturated heterocycles. The van der Waals surface area contributed by atoms with Gasteiger partial charge in [0.05, 0.1) is 16.3 Å². The van der Waals surface area contributed by atoms with Crippen molar-refractivity contribution >= 4 is 29.0 Å². The number of pyridine rings is 1. The van der Waals surface area contributed by atoms with Crippen LogP contribution >= 0.6 is 11.6 Å². The number of ketones is 1. The molecule has 0 unspecified atom stereocenters. The van der Waals surface area contributed by atoms with Crippen LogP contribution in [0.2, 0.25) is 5.02 Å². The van der Waals surface area contributed by atoms with Gasteiger partial charge in [-0.1, -0.05) is 88.6 Å². The summed E-state index contributed by atoms with van der Waals surface area (Å²) < 4.78 is 42.1. The lowest BCUT2D eigenvalue weighted by molar-refractivity contribution is -0.137. The number of halogens is 4. The zero-order chi connectivity index (χ0) is 29.6. The Morgan fingerprint density at radius 3 is 2.42 bits per heavy atom. The second kappa shape index (κ2) is 13.5. The molecule has 1 aromatic carbocycles. The van der Waals surface area contributed by atoms with Crippen LogP contribution in [0, 0.1) is 5.92 Å². The van der Waals surface area contributed by atoms with Crippen LogP contribution in [0.15, 0.2) is 54.4 Å². The van der Waals surface area contributed by atoms with E-state index in [2.05, 4.69) is 28.6 Å². The molecule has 3 nitrogen and oxygen atoms in total. The Hall–Kier alpha value is -3.12. The average molecular weight is 571 g/mol. The largest absolute Gasteiger partial charge is 0.417 e. The molecule has 0 fully saturated rings. The van der Waals surface area contributed by atoms with E-state index in [1.807, 2.05) is 65.1 Å². The van der Waals surface area contributed by atoms with Crippen molar-refractivity contribution in [1.29, 1.82) is 0 Å². The Bertz CT molecular complexity index is 1510. The molecule has 0 amide bonds. The maximum Gasteiger partial charge on any atom is 0.417 e. The summed E-state index contributed by atoms with van der Waals surface area (Å²) in [7, 11) is 0. The maximum absolute atomic E-state index is 13.3. The molecule has 0 radical (unpaired) electrons. The summed E-state index contributed by atoms with van der Waals surface area (Å²) in [5.74, 6) is 0.0683. The smallest absolute Gasteiger partial charge is 0.343 e. The maximum atomic E-state index is 13.3. The first-order valence-electron chi connectivity index (χ1n) is 13.9. The van der Waals surface area contributed by atoms with Crippen LogP contribution in [-0.4, -0.2) is 15.3 Å². The molecule has 0 saturated carbocycles. The lowest BCUT2D eigenvalue weighted by atomic mass is 9.93.